The number of hydrogen-bond acceptors (Lipinski definition) is 2. The molecule has 4 nitrogen and oxygen atoms in total. The molecule has 0 aliphatic carbocycles. The van der Waals surface area contributed by atoms with Crippen molar-refractivity contribution in [2.75, 3.05) is 6.54 Å². The summed E-state index contributed by atoms with van der Waals surface area (Å²) < 4.78 is 12.8. The van der Waals surface area contributed by atoms with E-state index in [1.165, 1.54) is 17.0 Å². The van der Waals surface area contributed by atoms with Crippen molar-refractivity contribution in [1.29, 1.82) is 0 Å². The van der Waals surface area contributed by atoms with E-state index in [1.54, 1.807) is 12.1 Å². The fourth-order valence-electron chi connectivity index (χ4n) is 1.82. The molecular formula is C15H20FNO3. The van der Waals surface area contributed by atoms with Crippen LogP contribution >= 0.6 is 0 Å². The molecule has 1 aromatic rings. The molecule has 1 aromatic carbocycles. The number of amides is 1. The summed E-state index contributed by atoms with van der Waals surface area (Å²) in [5, 5.41) is 8.74. The number of unbranched alkanes of at least 4 members (excludes halogenated alkanes) is 1. The molecule has 0 bridgehead atoms. The Bertz CT molecular complexity index is 445. The summed E-state index contributed by atoms with van der Waals surface area (Å²) in [4.78, 5) is 24.2. The highest BCUT2D eigenvalue weighted by Crippen LogP contribution is 2.10. The lowest BCUT2D eigenvalue weighted by atomic mass is 10.1. The lowest BCUT2D eigenvalue weighted by Gasteiger charge is -2.22. The Labute approximate surface area is 118 Å². The molecule has 0 aliphatic rings. The van der Waals surface area contributed by atoms with E-state index >= 15 is 0 Å². The predicted octanol–water partition coefficient (Wildman–Crippen LogP) is 2.82. The maximum atomic E-state index is 12.8. The van der Waals surface area contributed by atoms with Gasteiger partial charge in [0.05, 0.1) is 6.42 Å². The second-order valence-electron chi connectivity index (χ2n) is 4.69. The average Bonchev–Trinajstić information content (AvgIpc) is 2.42. The topological polar surface area (TPSA) is 57.6 Å². The van der Waals surface area contributed by atoms with Crippen LogP contribution in [0.25, 0.3) is 0 Å². The Morgan fingerprint density at radius 1 is 1.20 bits per heavy atom. The molecule has 1 rings (SSSR count). The second-order valence-corrected chi connectivity index (χ2v) is 4.69. The van der Waals surface area contributed by atoms with Crippen LogP contribution in [-0.4, -0.2) is 28.4 Å². The Hall–Kier alpha value is -1.91. The highest BCUT2D eigenvalue weighted by molar-refractivity contribution is 5.77. The number of carboxylic acids is 1. The van der Waals surface area contributed by atoms with E-state index in [4.69, 9.17) is 5.11 Å². The normalized spacial score (nSPS) is 10.3. The van der Waals surface area contributed by atoms with Gasteiger partial charge in [0.25, 0.3) is 0 Å². The monoisotopic (exact) mass is 281 g/mol. The van der Waals surface area contributed by atoms with Crippen LogP contribution in [0.5, 0.6) is 0 Å². The zero-order chi connectivity index (χ0) is 15.0. The summed E-state index contributed by atoms with van der Waals surface area (Å²) in [6.07, 6.45) is 2.03. The van der Waals surface area contributed by atoms with Crippen LogP contribution in [0, 0.1) is 5.82 Å². The van der Waals surface area contributed by atoms with E-state index < -0.39 is 5.97 Å². The first-order valence-electron chi connectivity index (χ1n) is 6.77. The van der Waals surface area contributed by atoms with Gasteiger partial charge in [0.15, 0.2) is 0 Å². The summed E-state index contributed by atoms with van der Waals surface area (Å²) in [5.41, 5.74) is 0.793. The zero-order valence-corrected chi connectivity index (χ0v) is 11.6. The van der Waals surface area contributed by atoms with Gasteiger partial charge < -0.3 is 10.0 Å². The van der Waals surface area contributed by atoms with E-state index in [0.717, 1.165) is 18.4 Å². The number of hydrogen-bond donors (Lipinski definition) is 1. The molecule has 0 saturated carbocycles. The molecule has 0 radical (unpaired) electrons. The average molecular weight is 281 g/mol. The molecule has 5 heteroatoms. The van der Waals surface area contributed by atoms with Crippen molar-refractivity contribution in [2.45, 2.75) is 39.2 Å². The number of rotatable bonds is 8. The van der Waals surface area contributed by atoms with Gasteiger partial charge in [0.2, 0.25) is 5.91 Å². The smallest absolute Gasteiger partial charge is 0.305 e. The molecule has 0 fully saturated rings. The molecule has 0 heterocycles. The third-order valence-electron chi connectivity index (χ3n) is 2.98. The Morgan fingerprint density at radius 3 is 2.40 bits per heavy atom. The van der Waals surface area contributed by atoms with E-state index in [0.29, 0.717) is 13.0 Å². The molecule has 20 heavy (non-hydrogen) atoms. The maximum Gasteiger partial charge on any atom is 0.305 e. The minimum absolute atomic E-state index is 0.0579. The van der Waals surface area contributed by atoms with Gasteiger partial charge in [-0.2, -0.15) is 0 Å². The molecule has 0 atom stereocenters. The number of aliphatic carboxylic acids is 1. The van der Waals surface area contributed by atoms with Crippen LogP contribution in [0.15, 0.2) is 24.3 Å². The zero-order valence-electron chi connectivity index (χ0n) is 11.6. The number of carbonyl (C=O) groups is 2. The molecule has 0 saturated heterocycles. The molecule has 0 spiro atoms. The van der Waals surface area contributed by atoms with Gasteiger partial charge in [-0.05, 0) is 24.1 Å². The number of nitrogens with zero attached hydrogens (tertiary/aromatic N) is 1. The Balaban J connectivity index is 2.67. The van der Waals surface area contributed by atoms with E-state index in [1.807, 2.05) is 6.92 Å². The molecule has 0 aliphatic heterocycles. The molecule has 1 N–H and O–H groups in total. The highest BCUT2D eigenvalue weighted by Gasteiger charge is 2.14. The number of benzene rings is 1. The van der Waals surface area contributed by atoms with Crippen molar-refractivity contribution in [1.82, 2.24) is 4.90 Å². The molecular weight excluding hydrogens is 261 g/mol. The standard InChI is InChI=1S/C15H20FNO3/c1-2-3-4-14(18)17(10-9-15(19)20)11-12-5-7-13(16)8-6-12/h5-8H,2-4,9-11H2,1H3,(H,19,20). The van der Waals surface area contributed by atoms with Crippen molar-refractivity contribution in [3.8, 4) is 0 Å². The van der Waals surface area contributed by atoms with Gasteiger partial charge in [0.1, 0.15) is 5.82 Å². The molecule has 0 aromatic heterocycles. The van der Waals surface area contributed by atoms with E-state index in [9.17, 15) is 14.0 Å². The minimum Gasteiger partial charge on any atom is -0.481 e. The van der Waals surface area contributed by atoms with Crippen molar-refractivity contribution >= 4 is 11.9 Å². The quantitative estimate of drug-likeness (QED) is 0.797. The van der Waals surface area contributed by atoms with Crippen LogP contribution in [0.2, 0.25) is 0 Å². The van der Waals surface area contributed by atoms with Crippen molar-refractivity contribution in [3.63, 3.8) is 0 Å². The Morgan fingerprint density at radius 2 is 1.85 bits per heavy atom. The SMILES string of the molecule is CCCCC(=O)N(CCC(=O)O)Cc1ccc(F)cc1. The summed E-state index contributed by atoms with van der Waals surface area (Å²) in [6.45, 7) is 2.49. The van der Waals surface area contributed by atoms with Crippen molar-refractivity contribution in [3.05, 3.63) is 35.6 Å². The van der Waals surface area contributed by atoms with Crippen molar-refractivity contribution < 1.29 is 19.1 Å². The first kappa shape index (κ1) is 16.1. The summed E-state index contributed by atoms with van der Waals surface area (Å²) in [5.74, 6) is -1.32. The van der Waals surface area contributed by atoms with Gasteiger partial charge in [-0.1, -0.05) is 25.5 Å². The fraction of sp³-hybridized carbons (Fsp3) is 0.467. The number of halogens is 1. The highest BCUT2D eigenvalue weighted by atomic mass is 19.1. The fourth-order valence-corrected chi connectivity index (χ4v) is 1.82. The summed E-state index contributed by atoms with van der Waals surface area (Å²) >= 11 is 0. The molecule has 110 valence electrons. The summed E-state index contributed by atoms with van der Waals surface area (Å²) in [7, 11) is 0. The third-order valence-corrected chi connectivity index (χ3v) is 2.98. The van der Waals surface area contributed by atoms with E-state index in [-0.39, 0.29) is 24.7 Å². The third kappa shape index (κ3) is 5.82. The van der Waals surface area contributed by atoms with Gasteiger partial charge in [-0.3, -0.25) is 9.59 Å². The number of carboxylic acid groups (broad SMARTS) is 1. The maximum absolute atomic E-state index is 12.8. The predicted molar refractivity (Wildman–Crippen MR) is 73.6 cm³/mol. The van der Waals surface area contributed by atoms with Crippen LogP contribution in [0.1, 0.15) is 38.2 Å². The van der Waals surface area contributed by atoms with Gasteiger partial charge in [-0.15, -0.1) is 0 Å². The van der Waals surface area contributed by atoms with Crippen LogP contribution in [-0.2, 0) is 16.1 Å². The first-order chi connectivity index (χ1) is 9.52. The van der Waals surface area contributed by atoms with Crippen LogP contribution in [0.3, 0.4) is 0 Å². The molecule has 1 amide bonds. The molecule has 0 unspecified atom stereocenters. The van der Waals surface area contributed by atoms with Gasteiger partial charge in [-0.25, -0.2) is 4.39 Å². The van der Waals surface area contributed by atoms with Crippen LogP contribution in [0.4, 0.5) is 4.39 Å². The van der Waals surface area contributed by atoms with Gasteiger partial charge in [0, 0.05) is 19.5 Å². The largest absolute Gasteiger partial charge is 0.481 e. The van der Waals surface area contributed by atoms with E-state index in [2.05, 4.69) is 0 Å². The minimum atomic E-state index is -0.933. The Kier molecular flexibility index (Phi) is 6.70. The lowest BCUT2D eigenvalue weighted by molar-refractivity contribution is -0.138. The lowest BCUT2D eigenvalue weighted by Crippen LogP contribution is -2.32. The van der Waals surface area contributed by atoms with Crippen molar-refractivity contribution in [2.24, 2.45) is 0 Å². The van der Waals surface area contributed by atoms with Crippen LogP contribution < -0.4 is 0 Å². The number of carbonyl (C=O) groups excluding carboxylic acids is 1. The second kappa shape index (κ2) is 8.30. The summed E-state index contributed by atoms with van der Waals surface area (Å²) in [6, 6.07) is 5.88. The van der Waals surface area contributed by atoms with Gasteiger partial charge >= 0.3 is 5.97 Å². The first-order valence-corrected chi connectivity index (χ1v) is 6.77.